The van der Waals surface area contributed by atoms with Gasteiger partial charge in [0.15, 0.2) is 11.6 Å². The van der Waals surface area contributed by atoms with Crippen LogP contribution in [0.1, 0.15) is 52.0 Å². The Bertz CT molecular complexity index is 880. The molecule has 0 aromatic heterocycles. The van der Waals surface area contributed by atoms with E-state index in [-0.39, 0.29) is 31.0 Å². The first-order chi connectivity index (χ1) is 16.6. The lowest BCUT2D eigenvalue weighted by Crippen LogP contribution is -2.59. The van der Waals surface area contributed by atoms with Crippen LogP contribution in [-0.4, -0.2) is 71.1 Å². The smallest absolute Gasteiger partial charge is 0.316 e. The van der Waals surface area contributed by atoms with E-state index in [1.807, 2.05) is 30.3 Å². The number of hydrogen-bond donors (Lipinski definition) is 3. The van der Waals surface area contributed by atoms with E-state index in [2.05, 4.69) is 10.6 Å². The van der Waals surface area contributed by atoms with Gasteiger partial charge in [0.05, 0.1) is 23.7 Å². The number of amides is 1. The lowest BCUT2D eigenvalue weighted by molar-refractivity contribution is -0.145. The largest absolute Gasteiger partial charge is 0.461 e. The number of ketones is 2. The first kappa shape index (κ1) is 28.9. The average molecular weight is 509 g/mol. The number of nitrogens with two attached hydrogens (primary N) is 1. The van der Waals surface area contributed by atoms with Gasteiger partial charge >= 0.3 is 11.3 Å². The number of rotatable bonds is 14. The number of Topliss-reactive ketones (excluding diaryl/α,β-unsaturated/α-hetero) is 2. The van der Waals surface area contributed by atoms with Crippen molar-refractivity contribution in [2.75, 3.05) is 19.6 Å². The molecule has 0 aliphatic carbocycles. The first-order valence-corrected chi connectivity index (χ1v) is 12.4. The number of likely N-dealkylation sites (tertiary alicyclic amines) is 1. The lowest BCUT2D eigenvalue weighted by Gasteiger charge is -2.32. The van der Waals surface area contributed by atoms with Gasteiger partial charge in [-0.15, -0.1) is 0 Å². The molecule has 1 saturated heterocycles. The van der Waals surface area contributed by atoms with E-state index in [1.54, 1.807) is 20.8 Å². The third-order valence-corrected chi connectivity index (χ3v) is 6.43. The Hall–Kier alpha value is -2.33. The van der Waals surface area contributed by atoms with E-state index in [0.717, 1.165) is 5.56 Å². The molecule has 0 radical (unpaired) electrons. The molecular formula is C25H37ClN4O5. The predicted molar refractivity (Wildman–Crippen MR) is 134 cm³/mol. The minimum atomic E-state index is -0.931. The third-order valence-electron chi connectivity index (χ3n) is 6.21. The summed E-state index contributed by atoms with van der Waals surface area (Å²) in [6, 6.07) is 7.17. The Kier molecular flexibility index (Phi) is 11.3. The summed E-state index contributed by atoms with van der Waals surface area (Å²) in [5.74, 6) is -0.846. The van der Waals surface area contributed by atoms with Gasteiger partial charge in [0.1, 0.15) is 6.61 Å². The third kappa shape index (κ3) is 8.68. The van der Waals surface area contributed by atoms with E-state index in [4.69, 9.17) is 22.1 Å². The van der Waals surface area contributed by atoms with Gasteiger partial charge in [0.2, 0.25) is 0 Å². The van der Waals surface area contributed by atoms with Crippen molar-refractivity contribution in [2.45, 2.75) is 76.7 Å². The average Bonchev–Trinajstić information content (AvgIpc) is 3.34. The van der Waals surface area contributed by atoms with Crippen LogP contribution in [0, 0.1) is 0 Å². The van der Waals surface area contributed by atoms with Crippen molar-refractivity contribution in [3.63, 3.8) is 0 Å². The number of nitrogens with one attached hydrogen (secondary N) is 2. The van der Waals surface area contributed by atoms with Gasteiger partial charge in [0, 0.05) is 26.1 Å². The topological polar surface area (TPSA) is 131 Å². The monoisotopic (exact) mass is 508 g/mol. The van der Waals surface area contributed by atoms with Gasteiger partial charge in [-0.2, -0.15) is 0 Å². The van der Waals surface area contributed by atoms with Gasteiger partial charge in [-0.25, -0.2) is 0 Å². The summed E-state index contributed by atoms with van der Waals surface area (Å²) >= 11 is 5.64. The normalized spacial score (nSPS) is 17.6. The second-order valence-corrected chi connectivity index (χ2v) is 9.66. The zero-order valence-corrected chi connectivity index (χ0v) is 21.5. The molecule has 9 nitrogen and oxygen atoms in total. The van der Waals surface area contributed by atoms with Gasteiger partial charge in [-0.1, -0.05) is 30.3 Å². The van der Waals surface area contributed by atoms with Crippen LogP contribution >= 0.6 is 11.6 Å². The van der Waals surface area contributed by atoms with E-state index in [0.29, 0.717) is 32.5 Å². The number of carbonyl (C=O) groups excluding carboxylic acids is 4. The maximum absolute atomic E-state index is 13.4. The van der Waals surface area contributed by atoms with Crippen molar-refractivity contribution < 1.29 is 23.9 Å². The fourth-order valence-corrected chi connectivity index (χ4v) is 4.42. The number of carbonyl (C=O) groups is 4. The van der Waals surface area contributed by atoms with Crippen molar-refractivity contribution in [3.05, 3.63) is 35.9 Å². The minimum absolute atomic E-state index is 0.000160. The van der Waals surface area contributed by atoms with E-state index < -0.39 is 35.0 Å². The van der Waals surface area contributed by atoms with E-state index in [1.165, 1.54) is 4.90 Å². The second kappa shape index (κ2) is 13.7. The van der Waals surface area contributed by atoms with Crippen molar-refractivity contribution in [2.24, 2.45) is 5.73 Å². The molecule has 35 heavy (non-hydrogen) atoms. The summed E-state index contributed by atoms with van der Waals surface area (Å²) in [5.41, 5.74) is 5.52. The van der Waals surface area contributed by atoms with Crippen LogP contribution in [0.4, 0.5) is 4.79 Å². The molecular weight excluding hydrogens is 472 g/mol. The van der Waals surface area contributed by atoms with Crippen LogP contribution in [0.5, 0.6) is 0 Å². The zero-order chi connectivity index (χ0) is 26.0. The van der Waals surface area contributed by atoms with E-state index in [9.17, 15) is 19.2 Å². The molecule has 0 saturated carbocycles. The molecule has 1 aromatic rings. The number of halogens is 1. The summed E-state index contributed by atoms with van der Waals surface area (Å²) in [6.45, 7) is 6.51. The van der Waals surface area contributed by atoms with Gasteiger partial charge in [-0.05, 0) is 57.2 Å². The zero-order valence-electron chi connectivity index (χ0n) is 20.7. The molecule has 1 amide bonds. The fourth-order valence-electron chi connectivity index (χ4n) is 4.22. The minimum Gasteiger partial charge on any atom is -0.461 e. The fraction of sp³-hybridized carbons (Fsp3) is 0.600. The number of benzene rings is 1. The number of hydrogen-bond acceptors (Lipinski definition) is 8. The molecule has 1 aromatic carbocycles. The van der Waals surface area contributed by atoms with Crippen molar-refractivity contribution in [1.29, 1.82) is 0 Å². The lowest BCUT2D eigenvalue weighted by atomic mass is 9.89. The molecule has 10 heteroatoms. The van der Waals surface area contributed by atoms with Crippen LogP contribution in [0.2, 0.25) is 0 Å². The van der Waals surface area contributed by atoms with Gasteiger partial charge in [0.25, 0.3) is 0 Å². The predicted octanol–water partition coefficient (Wildman–Crippen LogP) is 2.15. The SMILES string of the molecule is CC(NC(CCC(=O)OCc1ccccc1)C(=O)C(C)(C)NCCN)C(=O)C1CCCN1C(=O)Cl. The maximum Gasteiger partial charge on any atom is 0.316 e. The summed E-state index contributed by atoms with van der Waals surface area (Å²) in [6.07, 6.45) is 1.37. The van der Waals surface area contributed by atoms with Crippen LogP contribution in [-0.2, 0) is 25.7 Å². The van der Waals surface area contributed by atoms with Gasteiger partial charge in [-0.3, -0.25) is 24.5 Å². The molecule has 0 spiro atoms. The van der Waals surface area contributed by atoms with Crippen molar-refractivity contribution in [3.8, 4) is 0 Å². The highest BCUT2D eigenvalue weighted by Gasteiger charge is 2.39. The highest BCUT2D eigenvalue weighted by molar-refractivity contribution is 6.63. The standard InChI is InChI=1S/C25H37ClN4O5/c1-17(22(32)20-10-7-15-30(20)24(26)34)29-19(23(33)25(2,3)28-14-13-27)11-12-21(31)35-16-18-8-5-4-6-9-18/h4-6,8-9,17,19-20,28-29H,7,10-16,27H2,1-3H3. The Balaban J connectivity index is 2.06. The van der Waals surface area contributed by atoms with Crippen LogP contribution < -0.4 is 16.4 Å². The first-order valence-electron chi connectivity index (χ1n) is 12.0. The number of ether oxygens (including phenoxy) is 1. The molecule has 1 heterocycles. The number of esters is 1. The molecule has 1 aliphatic rings. The molecule has 4 N–H and O–H groups in total. The highest BCUT2D eigenvalue weighted by atomic mass is 35.5. The molecule has 3 atom stereocenters. The summed E-state index contributed by atoms with van der Waals surface area (Å²) in [5, 5.41) is 5.56. The Morgan fingerprint density at radius 2 is 1.91 bits per heavy atom. The van der Waals surface area contributed by atoms with E-state index >= 15 is 0 Å². The second-order valence-electron chi connectivity index (χ2n) is 9.34. The Labute approximate surface area is 212 Å². The molecule has 1 aliphatic heterocycles. The summed E-state index contributed by atoms with van der Waals surface area (Å²) in [4.78, 5) is 51.9. The Morgan fingerprint density at radius 1 is 1.23 bits per heavy atom. The quantitative estimate of drug-likeness (QED) is 0.198. The molecule has 2 rings (SSSR count). The molecule has 1 fully saturated rings. The molecule has 0 bridgehead atoms. The maximum atomic E-state index is 13.4. The van der Waals surface area contributed by atoms with Crippen LogP contribution in [0.25, 0.3) is 0 Å². The summed E-state index contributed by atoms with van der Waals surface area (Å²) < 4.78 is 5.35. The van der Waals surface area contributed by atoms with Crippen molar-refractivity contribution in [1.82, 2.24) is 15.5 Å². The Morgan fingerprint density at radius 3 is 2.54 bits per heavy atom. The van der Waals surface area contributed by atoms with Gasteiger partial charge < -0.3 is 20.7 Å². The number of nitrogens with zero attached hydrogens (tertiary/aromatic N) is 1. The molecule has 3 unspecified atom stereocenters. The molecule has 194 valence electrons. The van der Waals surface area contributed by atoms with Crippen molar-refractivity contribution >= 4 is 34.5 Å². The highest BCUT2D eigenvalue weighted by Crippen LogP contribution is 2.22. The van der Waals surface area contributed by atoms with Crippen LogP contribution in [0.3, 0.4) is 0 Å². The summed E-state index contributed by atoms with van der Waals surface area (Å²) in [7, 11) is 0. The van der Waals surface area contributed by atoms with Crippen LogP contribution in [0.15, 0.2) is 30.3 Å².